The van der Waals surface area contributed by atoms with Crippen LogP contribution in [0.1, 0.15) is 23.6 Å². The molecule has 14 heavy (non-hydrogen) atoms. The molecule has 0 bridgehead atoms. The van der Waals surface area contributed by atoms with E-state index in [0.717, 1.165) is 16.9 Å². The average Bonchev–Trinajstić information content (AvgIpc) is 2.17. The Hall–Kier alpha value is -1.53. The lowest BCUT2D eigenvalue weighted by atomic mass is 10.0. The van der Waals surface area contributed by atoms with Crippen molar-refractivity contribution in [3.05, 3.63) is 29.3 Å². The van der Waals surface area contributed by atoms with Crippen molar-refractivity contribution >= 4 is 0 Å². The molecule has 0 heterocycles. The molecule has 1 atom stereocenters. The summed E-state index contributed by atoms with van der Waals surface area (Å²) in [4.78, 5) is 0. The molecule has 0 saturated carbocycles. The fraction of sp³-hybridized carbons (Fsp3) is 0.364. The zero-order valence-electron chi connectivity index (χ0n) is 8.45. The van der Waals surface area contributed by atoms with E-state index >= 15 is 0 Å². The van der Waals surface area contributed by atoms with Crippen molar-refractivity contribution in [2.45, 2.75) is 19.4 Å². The number of nitrogens with zero attached hydrogens (tertiary/aromatic N) is 1. The second-order valence-electron chi connectivity index (χ2n) is 3.21. The van der Waals surface area contributed by atoms with Crippen LogP contribution in [0.2, 0.25) is 0 Å². The molecule has 3 nitrogen and oxygen atoms in total. The van der Waals surface area contributed by atoms with Crippen LogP contribution in [0.25, 0.3) is 0 Å². The van der Waals surface area contributed by atoms with Crippen molar-refractivity contribution in [3.8, 4) is 11.8 Å². The maximum atomic E-state index is 8.55. The summed E-state index contributed by atoms with van der Waals surface area (Å²) in [5.41, 5.74) is 7.84. The normalized spacial score (nSPS) is 11.9. The van der Waals surface area contributed by atoms with Gasteiger partial charge in [0.05, 0.1) is 19.6 Å². The summed E-state index contributed by atoms with van der Waals surface area (Å²) in [6.07, 6.45) is 0.305. The maximum absolute atomic E-state index is 8.55. The van der Waals surface area contributed by atoms with Crippen molar-refractivity contribution in [1.29, 1.82) is 5.26 Å². The zero-order chi connectivity index (χ0) is 10.6. The number of benzene rings is 1. The first kappa shape index (κ1) is 10.6. The van der Waals surface area contributed by atoms with Crippen LogP contribution in [0.4, 0.5) is 0 Å². The largest absolute Gasteiger partial charge is 0.496 e. The van der Waals surface area contributed by atoms with Gasteiger partial charge in [-0.2, -0.15) is 5.26 Å². The van der Waals surface area contributed by atoms with Gasteiger partial charge in [0.25, 0.3) is 0 Å². The van der Waals surface area contributed by atoms with Crippen LogP contribution in [-0.4, -0.2) is 7.11 Å². The molecule has 0 aliphatic heterocycles. The monoisotopic (exact) mass is 190 g/mol. The summed E-state index contributed by atoms with van der Waals surface area (Å²) in [5, 5.41) is 8.55. The zero-order valence-corrected chi connectivity index (χ0v) is 8.45. The van der Waals surface area contributed by atoms with E-state index in [-0.39, 0.29) is 6.04 Å². The minimum absolute atomic E-state index is 0.268. The number of nitriles is 1. The number of ether oxygens (including phenoxy) is 1. The van der Waals surface area contributed by atoms with E-state index in [0.29, 0.717) is 6.42 Å². The molecule has 1 aromatic carbocycles. The SMILES string of the molecule is COc1cc(C)ccc1[C@@H](N)CC#N. The summed E-state index contributed by atoms with van der Waals surface area (Å²) in [5.74, 6) is 0.757. The Morgan fingerprint density at radius 1 is 1.57 bits per heavy atom. The molecule has 0 unspecified atom stereocenters. The highest BCUT2D eigenvalue weighted by molar-refractivity contribution is 5.39. The van der Waals surface area contributed by atoms with Crippen LogP contribution in [-0.2, 0) is 0 Å². The highest BCUT2D eigenvalue weighted by Gasteiger charge is 2.10. The molecule has 0 saturated heterocycles. The lowest BCUT2D eigenvalue weighted by Crippen LogP contribution is -2.10. The molecule has 1 aromatic rings. The molecule has 3 heteroatoms. The van der Waals surface area contributed by atoms with Gasteiger partial charge < -0.3 is 10.5 Å². The lowest BCUT2D eigenvalue weighted by Gasteiger charge is -2.13. The van der Waals surface area contributed by atoms with E-state index in [1.165, 1.54) is 0 Å². The van der Waals surface area contributed by atoms with Gasteiger partial charge in [-0.3, -0.25) is 0 Å². The van der Waals surface area contributed by atoms with Gasteiger partial charge in [-0.05, 0) is 18.6 Å². The molecule has 0 spiro atoms. The minimum Gasteiger partial charge on any atom is -0.496 e. The van der Waals surface area contributed by atoms with Gasteiger partial charge in [0.1, 0.15) is 5.75 Å². The van der Waals surface area contributed by atoms with Gasteiger partial charge in [-0.15, -0.1) is 0 Å². The number of hydrogen-bond donors (Lipinski definition) is 1. The third kappa shape index (κ3) is 2.24. The Kier molecular flexibility index (Phi) is 3.49. The Labute approximate surface area is 84.1 Å². The van der Waals surface area contributed by atoms with Crippen molar-refractivity contribution in [1.82, 2.24) is 0 Å². The van der Waals surface area contributed by atoms with Crippen LogP contribution in [0.3, 0.4) is 0 Å². The fourth-order valence-corrected chi connectivity index (χ4v) is 1.33. The van der Waals surface area contributed by atoms with Crippen LogP contribution < -0.4 is 10.5 Å². The van der Waals surface area contributed by atoms with E-state index in [4.69, 9.17) is 15.7 Å². The topological polar surface area (TPSA) is 59.0 Å². The van der Waals surface area contributed by atoms with E-state index in [9.17, 15) is 0 Å². The molecule has 2 N–H and O–H groups in total. The Balaban J connectivity index is 3.02. The van der Waals surface area contributed by atoms with Crippen molar-refractivity contribution in [2.24, 2.45) is 5.73 Å². The van der Waals surface area contributed by atoms with Crippen LogP contribution in [0.15, 0.2) is 18.2 Å². The fourth-order valence-electron chi connectivity index (χ4n) is 1.33. The highest BCUT2D eigenvalue weighted by atomic mass is 16.5. The van der Waals surface area contributed by atoms with E-state index in [2.05, 4.69) is 6.07 Å². The molecule has 74 valence electrons. The molecule has 0 radical (unpaired) electrons. The third-order valence-corrected chi connectivity index (χ3v) is 2.10. The van der Waals surface area contributed by atoms with Crippen LogP contribution in [0, 0.1) is 18.3 Å². The van der Waals surface area contributed by atoms with Crippen molar-refractivity contribution in [3.63, 3.8) is 0 Å². The summed E-state index contributed by atoms with van der Waals surface area (Å²) in [6, 6.07) is 7.59. The first-order chi connectivity index (χ1) is 6.69. The Morgan fingerprint density at radius 2 is 2.29 bits per heavy atom. The molecule has 1 rings (SSSR count). The van der Waals surface area contributed by atoms with E-state index in [1.54, 1.807) is 7.11 Å². The van der Waals surface area contributed by atoms with Gasteiger partial charge in [0, 0.05) is 11.6 Å². The molecule has 0 amide bonds. The first-order valence-electron chi connectivity index (χ1n) is 4.46. The number of hydrogen-bond acceptors (Lipinski definition) is 3. The molecule has 0 aromatic heterocycles. The summed E-state index contributed by atoms with van der Waals surface area (Å²) in [7, 11) is 1.61. The summed E-state index contributed by atoms with van der Waals surface area (Å²) < 4.78 is 5.20. The molecule has 0 aliphatic carbocycles. The molecule has 0 fully saturated rings. The maximum Gasteiger partial charge on any atom is 0.123 e. The average molecular weight is 190 g/mol. The quantitative estimate of drug-likeness (QED) is 0.792. The molecular weight excluding hydrogens is 176 g/mol. The van der Waals surface area contributed by atoms with Crippen molar-refractivity contribution < 1.29 is 4.74 Å². The van der Waals surface area contributed by atoms with Crippen LogP contribution in [0.5, 0.6) is 5.75 Å². The second-order valence-corrected chi connectivity index (χ2v) is 3.21. The predicted molar refractivity (Wildman–Crippen MR) is 54.9 cm³/mol. The van der Waals surface area contributed by atoms with Crippen LogP contribution >= 0.6 is 0 Å². The second kappa shape index (κ2) is 4.64. The first-order valence-corrected chi connectivity index (χ1v) is 4.46. The standard InChI is InChI=1S/C11H14N2O/c1-8-3-4-9(10(13)5-6-12)11(7-8)14-2/h3-4,7,10H,5,13H2,1-2H3/t10-/m0/s1. The lowest BCUT2D eigenvalue weighted by molar-refractivity contribution is 0.405. The number of methoxy groups -OCH3 is 1. The summed E-state index contributed by atoms with van der Waals surface area (Å²) >= 11 is 0. The Bertz CT molecular complexity index is 355. The summed E-state index contributed by atoms with van der Waals surface area (Å²) in [6.45, 7) is 1.99. The smallest absolute Gasteiger partial charge is 0.123 e. The van der Waals surface area contributed by atoms with E-state index in [1.807, 2.05) is 25.1 Å². The van der Waals surface area contributed by atoms with Gasteiger partial charge in [-0.1, -0.05) is 12.1 Å². The van der Waals surface area contributed by atoms with Gasteiger partial charge in [0.2, 0.25) is 0 Å². The predicted octanol–water partition coefficient (Wildman–Crippen LogP) is 1.92. The van der Waals surface area contributed by atoms with Crippen molar-refractivity contribution in [2.75, 3.05) is 7.11 Å². The minimum atomic E-state index is -0.268. The number of nitrogens with two attached hydrogens (primary N) is 1. The number of rotatable bonds is 3. The van der Waals surface area contributed by atoms with Gasteiger partial charge in [0.15, 0.2) is 0 Å². The number of aryl methyl sites for hydroxylation is 1. The molecular formula is C11H14N2O. The Morgan fingerprint density at radius 3 is 2.86 bits per heavy atom. The van der Waals surface area contributed by atoms with Gasteiger partial charge in [-0.25, -0.2) is 0 Å². The molecule has 0 aliphatic rings. The third-order valence-electron chi connectivity index (χ3n) is 2.10. The van der Waals surface area contributed by atoms with Gasteiger partial charge >= 0.3 is 0 Å². The van der Waals surface area contributed by atoms with E-state index < -0.39 is 0 Å². The highest BCUT2D eigenvalue weighted by Crippen LogP contribution is 2.26.